The molecule has 0 bridgehead atoms. The molecule has 0 atom stereocenters. The minimum Gasteiger partial charge on any atom is -0.497 e. The molecule has 2 heterocycles. The maximum Gasteiger partial charge on any atom is 0.235 e. The highest BCUT2D eigenvalue weighted by atomic mass is 127. The third-order valence-corrected chi connectivity index (χ3v) is 3.74. The van der Waals surface area contributed by atoms with Crippen LogP contribution in [0.25, 0.3) is 17.0 Å². The fourth-order valence-corrected chi connectivity index (χ4v) is 2.60. The first-order valence-electron chi connectivity index (χ1n) is 5.42. The summed E-state index contributed by atoms with van der Waals surface area (Å²) in [5.74, 6) is 1.56. The summed E-state index contributed by atoms with van der Waals surface area (Å²) in [6.45, 7) is 0. The number of halogens is 1. The largest absolute Gasteiger partial charge is 0.497 e. The molecule has 1 aromatic carbocycles. The molecule has 0 aliphatic rings. The fraction of sp³-hybridized carbons (Fsp3) is 0.0769. The molecule has 3 aromatic rings. The van der Waals surface area contributed by atoms with Crippen LogP contribution in [0.15, 0.2) is 42.7 Å². The molecule has 4 nitrogen and oxygen atoms in total. The van der Waals surface area contributed by atoms with E-state index >= 15 is 0 Å². The number of nitrogens with zero attached hydrogens (tertiary/aromatic N) is 3. The summed E-state index contributed by atoms with van der Waals surface area (Å²) in [7, 11) is 1.66. The highest BCUT2D eigenvalue weighted by molar-refractivity contribution is 14.1. The molecular formula is C13H10IN3O. The van der Waals surface area contributed by atoms with Crippen LogP contribution in [0, 0.1) is 3.70 Å². The summed E-state index contributed by atoms with van der Waals surface area (Å²) in [4.78, 5) is 8.79. The van der Waals surface area contributed by atoms with Crippen LogP contribution >= 0.6 is 22.6 Å². The lowest BCUT2D eigenvalue weighted by Crippen LogP contribution is -1.88. The number of hydrogen-bond donors (Lipinski definition) is 0. The van der Waals surface area contributed by atoms with Crippen LogP contribution in [0.1, 0.15) is 0 Å². The smallest absolute Gasteiger partial charge is 0.235 e. The summed E-state index contributed by atoms with van der Waals surface area (Å²) in [5, 5.41) is 0. The molecule has 0 spiro atoms. The van der Waals surface area contributed by atoms with Gasteiger partial charge in [0.25, 0.3) is 0 Å². The van der Waals surface area contributed by atoms with Gasteiger partial charge in [-0.2, -0.15) is 0 Å². The van der Waals surface area contributed by atoms with E-state index in [1.54, 1.807) is 13.3 Å². The van der Waals surface area contributed by atoms with Crippen LogP contribution in [-0.2, 0) is 0 Å². The van der Waals surface area contributed by atoms with Gasteiger partial charge in [-0.15, -0.1) is 0 Å². The second-order valence-electron chi connectivity index (χ2n) is 3.77. The normalized spacial score (nSPS) is 10.8. The number of methoxy groups -OCH3 is 1. The predicted molar refractivity (Wildman–Crippen MR) is 77.7 cm³/mol. The van der Waals surface area contributed by atoms with E-state index in [-0.39, 0.29) is 0 Å². The predicted octanol–water partition coefficient (Wildman–Crippen LogP) is 3.01. The molecule has 0 aliphatic heterocycles. The van der Waals surface area contributed by atoms with Crippen molar-refractivity contribution in [1.29, 1.82) is 0 Å². The first-order chi connectivity index (χ1) is 8.79. The highest BCUT2D eigenvalue weighted by Gasteiger charge is 2.11. The van der Waals surface area contributed by atoms with Crippen LogP contribution < -0.4 is 4.74 Å². The van der Waals surface area contributed by atoms with Gasteiger partial charge in [-0.1, -0.05) is 0 Å². The summed E-state index contributed by atoms with van der Waals surface area (Å²) >= 11 is 2.28. The number of rotatable bonds is 2. The Labute approximate surface area is 118 Å². The second kappa shape index (κ2) is 4.56. The molecule has 0 aliphatic carbocycles. The molecule has 0 saturated carbocycles. The molecule has 18 heavy (non-hydrogen) atoms. The zero-order chi connectivity index (χ0) is 12.5. The van der Waals surface area contributed by atoms with Crippen LogP contribution in [0.5, 0.6) is 5.75 Å². The summed E-state index contributed by atoms with van der Waals surface area (Å²) in [6, 6.07) is 9.77. The third-order valence-electron chi connectivity index (χ3n) is 2.71. The quantitative estimate of drug-likeness (QED) is 0.667. The Balaban J connectivity index is 2.15. The summed E-state index contributed by atoms with van der Waals surface area (Å²) in [5.41, 5.74) is 2.00. The molecule has 2 aromatic heterocycles. The number of hydrogen-bond acceptors (Lipinski definition) is 3. The van der Waals surface area contributed by atoms with Crippen molar-refractivity contribution in [2.75, 3.05) is 7.11 Å². The van der Waals surface area contributed by atoms with Crippen LogP contribution in [0.3, 0.4) is 0 Å². The fourth-order valence-electron chi connectivity index (χ4n) is 1.79. The molecule has 0 fully saturated rings. The Bertz CT molecular complexity index is 691. The SMILES string of the molecule is COc1ccc(-c2nc3ncccn3c2I)cc1. The lowest BCUT2D eigenvalue weighted by atomic mass is 10.2. The van der Waals surface area contributed by atoms with Gasteiger partial charge in [-0.3, -0.25) is 4.40 Å². The van der Waals surface area contributed by atoms with Crippen molar-refractivity contribution >= 4 is 28.4 Å². The number of benzene rings is 1. The minimum absolute atomic E-state index is 0.715. The Morgan fingerprint density at radius 1 is 1.22 bits per heavy atom. The Kier molecular flexibility index (Phi) is 2.91. The molecule has 5 heteroatoms. The van der Waals surface area contributed by atoms with Crippen LogP contribution in [0.4, 0.5) is 0 Å². The Hall–Kier alpha value is -1.63. The standard InChI is InChI=1S/C13H10IN3O/c1-18-10-5-3-9(4-6-10)11-12(14)17-8-2-7-15-13(17)16-11/h2-8H,1H3. The lowest BCUT2D eigenvalue weighted by molar-refractivity contribution is 0.415. The zero-order valence-electron chi connectivity index (χ0n) is 9.67. The van der Waals surface area contributed by atoms with E-state index in [1.165, 1.54) is 0 Å². The van der Waals surface area contributed by atoms with Gasteiger partial charge in [0, 0.05) is 18.0 Å². The molecule has 0 amide bonds. The minimum atomic E-state index is 0.715. The first kappa shape index (κ1) is 11.5. The molecule has 90 valence electrons. The topological polar surface area (TPSA) is 39.4 Å². The highest BCUT2D eigenvalue weighted by Crippen LogP contribution is 2.26. The molecule has 0 unspecified atom stereocenters. The molecule has 3 rings (SSSR count). The number of imidazole rings is 1. The van der Waals surface area contributed by atoms with Gasteiger partial charge in [0.1, 0.15) is 15.1 Å². The van der Waals surface area contributed by atoms with Crippen molar-refractivity contribution in [3.05, 3.63) is 46.4 Å². The van der Waals surface area contributed by atoms with Gasteiger partial charge in [0.05, 0.1) is 7.11 Å². The first-order valence-corrected chi connectivity index (χ1v) is 6.50. The van der Waals surface area contributed by atoms with Crippen molar-refractivity contribution in [2.45, 2.75) is 0 Å². The number of ether oxygens (including phenoxy) is 1. The van der Waals surface area contributed by atoms with Crippen molar-refractivity contribution in [2.24, 2.45) is 0 Å². The Morgan fingerprint density at radius 2 is 2.00 bits per heavy atom. The maximum absolute atomic E-state index is 5.15. The van der Waals surface area contributed by atoms with Gasteiger partial charge in [-0.25, -0.2) is 9.97 Å². The molecule has 0 N–H and O–H groups in total. The zero-order valence-corrected chi connectivity index (χ0v) is 11.8. The van der Waals surface area contributed by atoms with Crippen molar-refractivity contribution in [3.8, 4) is 17.0 Å². The summed E-state index contributed by atoms with van der Waals surface area (Å²) < 4.78 is 8.18. The number of aromatic nitrogens is 3. The van der Waals surface area contributed by atoms with Gasteiger partial charge in [-0.05, 0) is 52.9 Å². The van der Waals surface area contributed by atoms with Gasteiger partial charge >= 0.3 is 0 Å². The third kappa shape index (κ3) is 1.84. The van der Waals surface area contributed by atoms with Gasteiger partial charge in [0.15, 0.2) is 0 Å². The van der Waals surface area contributed by atoms with Gasteiger partial charge < -0.3 is 4.74 Å². The van der Waals surface area contributed by atoms with Gasteiger partial charge in [0.2, 0.25) is 5.78 Å². The average molecular weight is 351 g/mol. The van der Waals surface area contributed by atoms with Crippen molar-refractivity contribution in [1.82, 2.24) is 14.4 Å². The molecule has 0 saturated heterocycles. The monoisotopic (exact) mass is 351 g/mol. The maximum atomic E-state index is 5.15. The van der Waals surface area contributed by atoms with E-state index in [0.717, 1.165) is 20.7 Å². The van der Waals surface area contributed by atoms with E-state index in [9.17, 15) is 0 Å². The van der Waals surface area contributed by atoms with Crippen molar-refractivity contribution < 1.29 is 4.74 Å². The second-order valence-corrected chi connectivity index (χ2v) is 4.79. The number of fused-ring (bicyclic) bond motifs is 1. The van der Waals surface area contributed by atoms with E-state index in [1.807, 2.05) is 40.9 Å². The van der Waals surface area contributed by atoms with E-state index in [4.69, 9.17) is 4.74 Å². The molecular weight excluding hydrogens is 341 g/mol. The van der Waals surface area contributed by atoms with Crippen LogP contribution in [0.2, 0.25) is 0 Å². The summed E-state index contributed by atoms with van der Waals surface area (Å²) in [6.07, 6.45) is 3.71. The van der Waals surface area contributed by atoms with Crippen LogP contribution in [-0.4, -0.2) is 21.5 Å². The molecule has 0 radical (unpaired) electrons. The average Bonchev–Trinajstić information content (AvgIpc) is 2.77. The van der Waals surface area contributed by atoms with Crippen molar-refractivity contribution in [3.63, 3.8) is 0 Å². The van der Waals surface area contributed by atoms with E-state index < -0.39 is 0 Å². The van der Waals surface area contributed by atoms with E-state index in [2.05, 4.69) is 32.6 Å². The lowest BCUT2D eigenvalue weighted by Gasteiger charge is -2.01. The van der Waals surface area contributed by atoms with E-state index in [0.29, 0.717) is 5.78 Å². The Morgan fingerprint density at radius 3 is 2.67 bits per heavy atom.